The zero-order valence-electron chi connectivity index (χ0n) is 40.8. The van der Waals surface area contributed by atoms with E-state index < -0.39 is 5.41 Å². The van der Waals surface area contributed by atoms with Crippen LogP contribution in [0.25, 0.3) is 71.6 Å². The summed E-state index contributed by atoms with van der Waals surface area (Å²) in [5.74, 6) is 0.561. The molecule has 0 atom stereocenters. The second-order valence-corrected chi connectivity index (χ2v) is 20.1. The molecule has 348 valence electrons. The van der Waals surface area contributed by atoms with Gasteiger partial charge in [0.2, 0.25) is 0 Å². The van der Waals surface area contributed by atoms with Crippen molar-refractivity contribution in [3.63, 3.8) is 0 Å². The molecular weight excluding hydrogens is 881 g/mol. The minimum atomic E-state index is -0.471. The van der Waals surface area contributed by atoms with Crippen molar-refractivity contribution < 1.29 is 0 Å². The Hall–Kier alpha value is -8.72. The molecule has 0 unspecified atom stereocenters. The van der Waals surface area contributed by atoms with Gasteiger partial charge in [-0.25, -0.2) is 0 Å². The first-order valence-electron chi connectivity index (χ1n) is 26.2. The summed E-state index contributed by atoms with van der Waals surface area (Å²) in [6.07, 6.45) is 6.42. The molecule has 1 saturated carbocycles. The summed E-state index contributed by atoms with van der Waals surface area (Å²) in [4.78, 5) is 2.54. The molecule has 2 aliphatic carbocycles. The Morgan fingerprint density at radius 3 is 1.73 bits per heavy atom. The molecule has 11 aromatic carbocycles. The van der Waals surface area contributed by atoms with Crippen molar-refractivity contribution in [1.82, 2.24) is 4.57 Å². The van der Waals surface area contributed by atoms with Crippen molar-refractivity contribution in [2.24, 2.45) is 0 Å². The second kappa shape index (κ2) is 17.8. The van der Waals surface area contributed by atoms with Crippen molar-refractivity contribution in [3.8, 4) is 39.1 Å². The molecule has 0 spiro atoms. The van der Waals surface area contributed by atoms with E-state index in [1.54, 1.807) is 0 Å². The van der Waals surface area contributed by atoms with Gasteiger partial charge in [-0.05, 0) is 140 Å². The number of fused-ring (bicyclic) bond motifs is 7. The number of hydrogen-bond acceptors (Lipinski definition) is 1. The van der Waals surface area contributed by atoms with Crippen LogP contribution < -0.4 is 4.90 Å². The van der Waals surface area contributed by atoms with E-state index in [0.717, 1.165) is 22.7 Å². The van der Waals surface area contributed by atoms with Crippen LogP contribution in [-0.4, -0.2) is 4.57 Å². The highest BCUT2D eigenvalue weighted by Gasteiger charge is 2.46. The number of rotatable bonds is 9. The monoisotopic (exact) mass is 934 g/mol. The lowest BCUT2D eigenvalue weighted by Gasteiger charge is -2.34. The Labute approximate surface area is 428 Å². The fraction of sp³-hybridized carbons (Fsp3) is 0.0986. The van der Waals surface area contributed by atoms with E-state index >= 15 is 0 Å². The zero-order valence-corrected chi connectivity index (χ0v) is 40.8. The molecule has 73 heavy (non-hydrogen) atoms. The van der Waals surface area contributed by atoms with Gasteiger partial charge in [-0.3, -0.25) is 0 Å². The summed E-state index contributed by atoms with van der Waals surface area (Å²) in [6.45, 7) is 0. The highest BCUT2D eigenvalue weighted by molar-refractivity contribution is 6.17. The third-order valence-corrected chi connectivity index (χ3v) is 16.3. The molecule has 14 rings (SSSR count). The molecule has 1 aromatic heterocycles. The molecule has 2 aliphatic rings. The Bertz CT molecular complexity index is 3950. The van der Waals surface area contributed by atoms with Crippen LogP contribution >= 0.6 is 0 Å². The largest absolute Gasteiger partial charge is 0.309 e. The fourth-order valence-electron chi connectivity index (χ4n) is 13.1. The molecule has 0 radical (unpaired) electrons. The summed E-state index contributed by atoms with van der Waals surface area (Å²) < 4.78 is 2.43. The molecular formula is C71H54N2. The molecule has 1 heterocycles. The SMILES string of the molecule is c1ccc(-n2c3ccccc3c3c(N(c4ccc(-c5ccc6c(c5)C(c5ccccc5)(c5ccccc5)c5ccccc5-6)cc4)c4ccccc4-c4cccc5cccc(C6CCCCC6)c45)cccc32)cc1. The minimum absolute atomic E-state index is 0.471. The number of anilines is 3. The summed E-state index contributed by atoms with van der Waals surface area (Å²) in [5, 5.41) is 5.14. The van der Waals surface area contributed by atoms with E-state index in [1.165, 1.54) is 126 Å². The van der Waals surface area contributed by atoms with Gasteiger partial charge in [-0.15, -0.1) is 0 Å². The summed E-state index contributed by atoms with van der Waals surface area (Å²) in [5.41, 5.74) is 20.6. The number of aromatic nitrogens is 1. The molecule has 0 saturated heterocycles. The van der Waals surface area contributed by atoms with E-state index in [9.17, 15) is 0 Å². The molecule has 0 amide bonds. The molecule has 2 nitrogen and oxygen atoms in total. The van der Waals surface area contributed by atoms with E-state index in [0.29, 0.717) is 5.92 Å². The number of benzene rings is 11. The van der Waals surface area contributed by atoms with Crippen molar-refractivity contribution in [2.45, 2.75) is 43.4 Å². The van der Waals surface area contributed by atoms with Crippen LogP contribution in [0.15, 0.2) is 261 Å². The Morgan fingerprint density at radius 1 is 0.384 bits per heavy atom. The number of nitrogens with zero attached hydrogens (tertiary/aromatic N) is 2. The fourth-order valence-corrected chi connectivity index (χ4v) is 13.1. The molecule has 1 fully saturated rings. The Kier molecular flexibility index (Phi) is 10.5. The van der Waals surface area contributed by atoms with Crippen LogP contribution in [0.1, 0.15) is 65.8 Å². The van der Waals surface area contributed by atoms with Gasteiger partial charge in [0, 0.05) is 27.7 Å². The van der Waals surface area contributed by atoms with E-state index in [2.05, 4.69) is 270 Å². The predicted octanol–water partition coefficient (Wildman–Crippen LogP) is 19.2. The van der Waals surface area contributed by atoms with Gasteiger partial charge in [-0.2, -0.15) is 0 Å². The van der Waals surface area contributed by atoms with Gasteiger partial charge < -0.3 is 9.47 Å². The van der Waals surface area contributed by atoms with Crippen molar-refractivity contribution in [1.29, 1.82) is 0 Å². The highest BCUT2D eigenvalue weighted by Crippen LogP contribution is 2.57. The standard InChI is InChI=1S/C71H54N2/c1-5-22-50(23-6-1)57-35-19-24-51-25-20-36-61(69(51)57)60-33-14-17-38-65(60)73(68-41-21-40-67-70(68)62-34-15-18-39-66(62)72(67)55-30-11-4-12-31-55)56-45-42-49(43-46-56)52-44-47-59-58-32-13-16-37-63(58)71(64(59)48-52,53-26-7-2-8-27-53)54-28-9-3-10-29-54/h2-4,7-21,24-48,50H,1,5-6,22-23H2. The third kappa shape index (κ3) is 6.92. The van der Waals surface area contributed by atoms with E-state index in [-0.39, 0.29) is 0 Å². The first-order chi connectivity index (χ1) is 36.3. The second-order valence-electron chi connectivity index (χ2n) is 20.1. The maximum atomic E-state index is 2.54. The van der Waals surface area contributed by atoms with Crippen molar-refractivity contribution in [2.75, 3.05) is 4.90 Å². The lowest BCUT2D eigenvalue weighted by molar-refractivity contribution is 0.445. The van der Waals surface area contributed by atoms with Gasteiger partial charge in [0.05, 0.1) is 27.8 Å². The van der Waals surface area contributed by atoms with Crippen molar-refractivity contribution >= 4 is 49.6 Å². The number of para-hydroxylation sites is 3. The first kappa shape index (κ1) is 43.1. The van der Waals surface area contributed by atoms with Crippen LogP contribution in [0.2, 0.25) is 0 Å². The average molecular weight is 935 g/mol. The van der Waals surface area contributed by atoms with Crippen LogP contribution in [0.3, 0.4) is 0 Å². The minimum Gasteiger partial charge on any atom is -0.309 e. The van der Waals surface area contributed by atoms with Crippen molar-refractivity contribution in [3.05, 3.63) is 289 Å². The average Bonchev–Trinajstić information content (AvgIpc) is 3.97. The van der Waals surface area contributed by atoms with Gasteiger partial charge >= 0.3 is 0 Å². The maximum absolute atomic E-state index is 2.54. The smallest absolute Gasteiger partial charge is 0.0713 e. The van der Waals surface area contributed by atoms with Gasteiger partial charge in [0.25, 0.3) is 0 Å². The van der Waals surface area contributed by atoms with Crippen LogP contribution in [0, 0.1) is 0 Å². The topological polar surface area (TPSA) is 8.17 Å². The lowest BCUT2D eigenvalue weighted by atomic mass is 9.67. The quantitative estimate of drug-likeness (QED) is 0.140. The molecule has 0 bridgehead atoms. The summed E-state index contributed by atoms with van der Waals surface area (Å²) in [6, 6.07) is 97.4. The van der Waals surface area contributed by atoms with E-state index in [4.69, 9.17) is 0 Å². The third-order valence-electron chi connectivity index (χ3n) is 16.3. The highest BCUT2D eigenvalue weighted by atomic mass is 15.2. The first-order valence-corrected chi connectivity index (χ1v) is 26.2. The van der Waals surface area contributed by atoms with Gasteiger partial charge in [-0.1, -0.05) is 226 Å². The van der Waals surface area contributed by atoms with Gasteiger partial charge in [0.15, 0.2) is 0 Å². The molecule has 2 heteroatoms. The number of hydrogen-bond donors (Lipinski definition) is 0. The molecule has 12 aromatic rings. The normalized spacial score (nSPS) is 14.1. The Morgan fingerprint density at radius 2 is 0.959 bits per heavy atom. The maximum Gasteiger partial charge on any atom is 0.0713 e. The molecule has 0 N–H and O–H groups in total. The zero-order chi connectivity index (χ0) is 48.3. The summed E-state index contributed by atoms with van der Waals surface area (Å²) >= 11 is 0. The van der Waals surface area contributed by atoms with Crippen LogP contribution in [0.5, 0.6) is 0 Å². The van der Waals surface area contributed by atoms with E-state index in [1.807, 2.05) is 0 Å². The lowest BCUT2D eigenvalue weighted by Crippen LogP contribution is -2.28. The van der Waals surface area contributed by atoms with Crippen LogP contribution in [0.4, 0.5) is 17.1 Å². The molecule has 0 aliphatic heterocycles. The van der Waals surface area contributed by atoms with Crippen LogP contribution in [-0.2, 0) is 5.41 Å². The summed E-state index contributed by atoms with van der Waals surface area (Å²) in [7, 11) is 0. The predicted molar refractivity (Wildman–Crippen MR) is 307 cm³/mol. The van der Waals surface area contributed by atoms with Gasteiger partial charge in [0.1, 0.15) is 0 Å². The Balaban J connectivity index is 0.979.